The van der Waals surface area contributed by atoms with E-state index in [2.05, 4.69) is 20.5 Å². The van der Waals surface area contributed by atoms with E-state index in [0.29, 0.717) is 25.4 Å². The second-order valence-corrected chi connectivity index (χ2v) is 8.10. The maximum atomic E-state index is 12.3. The van der Waals surface area contributed by atoms with Gasteiger partial charge in [-0.15, -0.1) is 24.0 Å². The van der Waals surface area contributed by atoms with Crippen LogP contribution in [0.5, 0.6) is 5.75 Å². The summed E-state index contributed by atoms with van der Waals surface area (Å²) in [6.45, 7) is 9.32. The summed E-state index contributed by atoms with van der Waals surface area (Å²) in [5, 5.41) is 6.17. The molecule has 0 bridgehead atoms. The summed E-state index contributed by atoms with van der Waals surface area (Å²) in [6, 6.07) is 6.98. The molecule has 10 heteroatoms. The summed E-state index contributed by atoms with van der Waals surface area (Å²) in [5.41, 5.74) is 0.326. The Morgan fingerprint density at radius 1 is 1.35 bits per heavy atom. The Morgan fingerprint density at radius 2 is 2.10 bits per heavy atom. The third-order valence-corrected chi connectivity index (χ3v) is 4.23. The molecular weight excluding hydrogens is 521 g/mol. The van der Waals surface area contributed by atoms with Crippen molar-refractivity contribution in [2.24, 2.45) is 4.99 Å². The van der Waals surface area contributed by atoms with Gasteiger partial charge in [-0.3, -0.25) is 0 Å². The number of guanidine groups is 1. The quantitative estimate of drug-likeness (QED) is 0.303. The molecule has 2 N–H and O–H groups in total. The van der Waals surface area contributed by atoms with Crippen molar-refractivity contribution in [3.05, 3.63) is 29.8 Å². The largest absolute Gasteiger partial charge is 0.488 e. The molecule has 0 spiro atoms. The Morgan fingerprint density at radius 3 is 2.74 bits per heavy atom. The first kappa shape index (κ1) is 27.2. The zero-order valence-corrected chi connectivity index (χ0v) is 20.8. The summed E-state index contributed by atoms with van der Waals surface area (Å²) in [4.78, 5) is 18.7. The Balaban J connectivity index is 0.00000480. The number of halogens is 3. The third kappa shape index (κ3) is 10.3. The highest BCUT2D eigenvalue weighted by atomic mass is 127. The van der Waals surface area contributed by atoms with Gasteiger partial charge < -0.3 is 25.0 Å². The molecule has 1 heterocycles. The molecule has 7 nitrogen and oxygen atoms in total. The van der Waals surface area contributed by atoms with Crippen molar-refractivity contribution >= 4 is 36.0 Å². The van der Waals surface area contributed by atoms with Crippen molar-refractivity contribution in [3.63, 3.8) is 0 Å². The van der Waals surface area contributed by atoms with E-state index in [1.807, 2.05) is 33.8 Å². The number of hydrogen-bond donors (Lipinski definition) is 2. The van der Waals surface area contributed by atoms with Gasteiger partial charge in [-0.25, -0.2) is 18.6 Å². The van der Waals surface area contributed by atoms with Crippen molar-refractivity contribution in [2.75, 3.05) is 26.2 Å². The fourth-order valence-corrected chi connectivity index (χ4v) is 3.03. The monoisotopic (exact) mass is 554 g/mol. The van der Waals surface area contributed by atoms with Gasteiger partial charge in [0.1, 0.15) is 18.0 Å². The molecule has 2 rings (SSSR count). The number of carbonyl (C=O) groups excluding carboxylic acids is 1. The first-order chi connectivity index (χ1) is 14.2. The maximum absolute atomic E-state index is 12.3. The molecular formula is C21H33F2IN4O3. The van der Waals surface area contributed by atoms with Crippen LogP contribution in [0.4, 0.5) is 13.6 Å². The lowest BCUT2D eigenvalue weighted by Crippen LogP contribution is -2.44. The van der Waals surface area contributed by atoms with E-state index in [0.717, 1.165) is 24.5 Å². The average molecular weight is 554 g/mol. The lowest BCUT2D eigenvalue weighted by molar-refractivity contribution is 0.0507. The van der Waals surface area contributed by atoms with Gasteiger partial charge in [-0.05, 0) is 51.8 Å². The Labute approximate surface area is 200 Å². The molecule has 1 aromatic rings. The van der Waals surface area contributed by atoms with Gasteiger partial charge in [-0.1, -0.05) is 12.1 Å². The van der Waals surface area contributed by atoms with Crippen LogP contribution in [0.3, 0.4) is 0 Å². The molecule has 1 aliphatic rings. The molecule has 1 unspecified atom stereocenters. The van der Waals surface area contributed by atoms with E-state index in [-0.39, 0.29) is 30.0 Å². The molecule has 1 aliphatic heterocycles. The molecule has 0 saturated carbocycles. The van der Waals surface area contributed by atoms with Crippen LogP contribution in [0.1, 0.15) is 39.7 Å². The number of amides is 1. The minimum absolute atomic E-state index is 0. The number of alkyl carbamates (subject to hydrolysis) is 1. The fourth-order valence-electron chi connectivity index (χ4n) is 3.03. The SMILES string of the molecule is CCNC(=NCc1cccc(OCC(F)F)c1)N1CCC(NC(=O)OC(C)(C)C)C1.I. The van der Waals surface area contributed by atoms with Crippen LogP contribution < -0.4 is 15.4 Å². The lowest BCUT2D eigenvalue weighted by atomic mass is 10.2. The number of benzene rings is 1. The van der Waals surface area contributed by atoms with Gasteiger partial charge in [0.2, 0.25) is 0 Å². The van der Waals surface area contributed by atoms with Crippen LogP contribution in [-0.2, 0) is 11.3 Å². The van der Waals surface area contributed by atoms with Crippen LogP contribution in [0, 0.1) is 0 Å². The molecule has 0 aliphatic carbocycles. The highest BCUT2D eigenvalue weighted by Gasteiger charge is 2.27. The topological polar surface area (TPSA) is 75.2 Å². The first-order valence-electron chi connectivity index (χ1n) is 10.2. The summed E-state index contributed by atoms with van der Waals surface area (Å²) in [7, 11) is 0. The average Bonchev–Trinajstić information content (AvgIpc) is 3.10. The van der Waals surface area contributed by atoms with Gasteiger partial charge >= 0.3 is 6.09 Å². The van der Waals surface area contributed by atoms with E-state index in [9.17, 15) is 13.6 Å². The minimum atomic E-state index is -2.51. The minimum Gasteiger partial charge on any atom is -0.488 e. The summed E-state index contributed by atoms with van der Waals surface area (Å²) in [5.74, 6) is 1.14. The van der Waals surface area contributed by atoms with Crippen molar-refractivity contribution in [1.82, 2.24) is 15.5 Å². The van der Waals surface area contributed by atoms with Crippen molar-refractivity contribution < 1.29 is 23.0 Å². The van der Waals surface area contributed by atoms with Crippen LogP contribution in [0.25, 0.3) is 0 Å². The highest BCUT2D eigenvalue weighted by Crippen LogP contribution is 2.16. The number of rotatable bonds is 7. The predicted molar refractivity (Wildman–Crippen MR) is 128 cm³/mol. The van der Waals surface area contributed by atoms with Crippen LogP contribution in [0.2, 0.25) is 0 Å². The van der Waals surface area contributed by atoms with Crippen LogP contribution in [0.15, 0.2) is 29.3 Å². The smallest absolute Gasteiger partial charge is 0.407 e. The second kappa shape index (κ2) is 12.9. The molecule has 176 valence electrons. The Hall–Kier alpha value is -1.85. The number of nitrogens with one attached hydrogen (secondary N) is 2. The van der Waals surface area contributed by atoms with E-state index in [1.165, 1.54) is 0 Å². The Kier molecular flexibility index (Phi) is 11.3. The number of carbonyl (C=O) groups is 1. The lowest BCUT2D eigenvalue weighted by Gasteiger charge is -2.23. The van der Waals surface area contributed by atoms with E-state index in [4.69, 9.17) is 9.47 Å². The molecule has 1 saturated heterocycles. The summed E-state index contributed by atoms with van der Waals surface area (Å²) in [6.07, 6.45) is -2.14. The third-order valence-electron chi connectivity index (χ3n) is 4.23. The van der Waals surface area contributed by atoms with Gasteiger partial charge in [-0.2, -0.15) is 0 Å². The van der Waals surface area contributed by atoms with E-state index >= 15 is 0 Å². The number of alkyl halides is 2. The molecule has 0 radical (unpaired) electrons. The molecule has 1 fully saturated rings. The number of nitrogens with zero attached hydrogens (tertiary/aromatic N) is 2. The zero-order chi connectivity index (χ0) is 22.1. The number of likely N-dealkylation sites (tertiary alicyclic amines) is 1. The predicted octanol–water partition coefficient (Wildman–Crippen LogP) is 4.01. The molecule has 0 aromatic heterocycles. The van der Waals surface area contributed by atoms with Crippen LogP contribution >= 0.6 is 24.0 Å². The zero-order valence-electron chi connectivity index (χ0n) is 18.5. The Bertz CT molecular complexity index is 729. The molecule has 1 amide bonds. The van der Waals surface area contributed by atoms with Gasteiger partial charge in [0.25, 0.3) is 6.43 Å². The van der Waals surface area contributed by atoms with Crippen LogP contribution in [-0.4, -0.2) is 61.3 Å². The maximum Gasteiger partial charge on any atom is 0.407 e. The number of ether oxygens (including phenoxy) is 2. The van der Waals surface area contributed by atoms with Gasteiger partial charge in [0.15, 0.2) is 5.96 Å². The van der Waals surface area contributed by atoms with Gasteiger partial charge in [0, 0.05) is 19.6 Å². The van der Waals surface area contributed by atoms with E-state index < -0.39 is 24.7 Å². The number of hydrogen-bond acceptors (Lipinski definition) is 4. The van der Waals surface area contributed by atoms with E-state index in [1.54, 1.807) is 18.2 Å². The summed E-state index contributed by atoms with van der Waals surface area (Å²) >= 11 is 0. The molecule has 31 heavy (non-hydrogen) atoms. The standard InChI is InChI=1S/C21H32F2N4O3.HI/c1-5-24-19(25-12-15-7-6-8-17(11-15)29-14-18(22)23)27-10-9-16(13-27)26-20(28)30-21(2,3)4;/h6-8,11,16,18H,5,9-10,12-14H2,1-4H3,(H,24,25)(H,26,28);1H. The highest BCUT2D eigenvalue weighted by molar-refractivity contribution is 14.0. The second-order valence-electron chi connectivity index (χ2n) is 8.10. The normalized spacial score (nSPS) is 16.7. The molecule has 1 aromatic carbocycles. The van der Waals surface area contributed by atoms with Crippen molar-refractivity contribution in [2.45, 2.75) is 58.7 Å². The van der Waals surface area contributed by atoms with Crippen molar-refractivity contribution in [1.29, 1.82) is 0 Å². The van der Waals surface area contributed by atoms with Crippen molar-refractivity contribution in [3.8, 4) is 5.75 Å². The summed E-state index contributed by atoms with van der Waals surface area (Å²) < 4.78 is 35.1. The first-order valence-corrected chi connectivity index (χ1v) is 10.2. The molecule has 1 atom stereocenters. The fraction of sp³-hybridized carbons (Fsp3) is 0.619. The number of aliphatic imine (C=N–C) groups is 1. The van der Waals surface area contributed by atoms with Gasteiger partial charge in [0.05, 0.1) is 12.6 Å².